The van der Waals surface area contributed by atoms with Crippen LogP contribution < -0.4 is 0 Å². The number of hydrogen-bond acceptors (Lipinski definition) is 3. The third kappa shape index (κ3) is 1.65. The number of rotatable bonds is 1. The topological polar surface area (TPSA) is 46.3 Å². The second-order valence-electron chi connectivity index (χ2n) is 4.08. The zero-order valence-corrected chi connectivity index (χ0v) is 9.34. The van der Waals surface area contributed by atoms with Crippen LogP contribution in [0.1, 0.15) is 5.56 Å². The standard InChI is InChI=1S/C14H11NO2/c1-9-3-2-4-10(7-9)14-12-6-5-11(16)8-13(12)15-17-14/h2-8,16H,1H3. The first kappa shape index (κ1) is 9.90. The van der Waals surface area contributed by atoms with Gasteiger partial charge in [0.2, 0.25) is 0 Å². The molecule has 0 aliphatic rings. The summed E-state index contributed by atoms with van der Waals surface area (Å²) < 4.78 is 5.35. The number of phenols is 1. The minimum absolute atomic E-state index is 0.196. The van der Waals surface area contributed by atoms with Gasteiger partial charge in [0, 0.05) is 17.0 Å². The SMILES string of the molecule is Cc1cccc(-c2onc3cc(O)ccc23)c1. The maximum absolute atomic E-state index is 9.37. The van der Waals surface area contributed by atoms with Crippen LogP contribution in [-0.2, 0) is 0 Å². The van der Waals surface area contributed by atoms with Crippen LogP contribution in [0, 0.1) is 6.92 Å². The fourth-order valence-electron chi connectivity index (χ4n) is 1.93. The first-order chi connectivity index (χ1) is 8.24. The molecule has 0 aliphatic heterocycles. The van der Waals surface area contributed by atoms with Crippen LogP contribution in [0.2, 0.25) is 0 Å². The lowest BCUT2D eigenvalue weighted by Crippen LogP contribution is -1.77. The molecule has 0 unspecified atom stereocenters. The van der Waals surface area contributed by atoms with Gasteiger partial charge in [0.15, 0.2) is 5.76 Å². The van der Waals surface area contributed by atoms with Gasteiger partial charge in [0.1, 0.15) is 11.3 Å². The predicted octanol–water partition coefficient (Wildman–Crippen LogP) is 3.51. The zero-order chi connectivity index (χ0) is 11.8. The van der Waals surface area contributed by atoms with Crippen LogP contribution in [0.25, 0.3) is 22.2 Å². The average molecular weight is 225 g/mol. The second-order valence-corrected chi connectivity index (χ2v) is 4.08. The minimum atomic E-state index is 0.196. The van der Waals surface area contributed by atoms with Crippen LogP contribution >= 0.6 is 0 Å². The maximum Gasteiger partial charge on any atom is 0.174 e. The van der Waals surface area contributed by atoms with Crippen LogP contribution in [-0.4, -0.2) is 10.3 Å². The summed E-state index contributed by atoms with van der Waals surface area (Å²) >= 11 is 0. The Balaban J connectivity index is 2.24. The summed E-state index contributed by atoms with van der Waals surface area (Å²) in [5, 5.41) is 14.2. The number of nitrogens with zero attached hydrogens (tertiary/aromatic N) is 1. The highest BCUT2D eigenvalue weighted by Crippen LogP contribution is 2.30. The number of hydrogen-bond donors (Lipinski definition) is 1. The molecule has 1 N–H and O–H groups in total. The molecule has 0 spiro atoms. The van der Waals surface area contributed by atoms with Gasteiger partial charge in [-0.15, -0.1) is 0 Å². The van der Waals surface area contributed by atoms with Crippen molar-refractivity contribution in [3.8, 4) is 17.1 Å². The monoisotopic (exact) mass is 225 g/mol. The molecule has 0 saturated carbocycles. The summed E-state index contributed by atoms with van der Waals surface area (Å²) in [6.07, 6.45) is 0. The Morgan fingerprint density at radius 3 is 2.82 bits per heavy atom. The van der Waals surface area contributed by atoms with Gasteiger partial charge >= 0.3 is 0 Å². The molecule has 1 aromatic heterocycles. The quantitative estimate of drug-likeness (QED) is 0.689. The van der Waals surface area contributed by atoms with Crippen LogP contribution in [0.4, 0.5) is 0 Å². The molecule has 0 atom stereocenters. The molecule has 3 rings (SSSR count). The van der Waals surface area contributed by atoms with Gasteiger partial charge in [-0.2, -0.15) is 0 Å². The molecule has 3 heteroatoms. The van der Waals surface area contributed by atoms with Crippen molar-refractivity contribution >= 4 is 10.9 Å². The summed E-state index contributed by atoms with van der Waals surface area (Å²) in [5.41, 5.74) is 2.84. The minimum Gasteiger partial charge on any atom is -0.508 e. The molecule has 0 amide bonds. The van der Waals surface area contributed by atoms with Crippen molar-refractivity contribution < 1.29 is 9.63 Å². The van der Waals surface area contributed by atoms with E-state index in [1.165, 1.54) is 5.56 Å². The van der Waals surface area contributed by atoms with Crippen LogP contribution in [0.5, 0.6) is 5.75 Å². The summed E-state index contributed by atoms with van der Waals surface area (Å²) in [7, 11) is 0. The Morgan fingerprint density at radius 1 is 1.12 bits per heavy atom. The van der Waals surface area contributed by atoms with Crippen molar-refractivity contribution in [2.75, 3.05) is 0 Å². The molecule has 17 heavy (non-hydrogen) atoms. The molecular formula is C14H11NO2. The fourth-order valence-corrected chi connectivity index (χ4v) is 1.93. The summed E-state index contributed by atoms with van der Waals surface area (Å²) in [4.78, 5) is 0. The lowest BCUT2D eigenvalue weighted by Gasteiger charge is -1.98. The Morgan fingerprint density at radius 2 is 2.00 bits per heavy atom. The van der Waals surface area contributed by atoms with Gasteiger partial charge in [-0.1, -0.05) is 28.9 Å². The lowest BCUT2D eigenvalue weighted by molar-refractivity contribution is 0.440. The van der Waals surface area contributed by atoms with Crippen molar-refractivity contribution in [2.45, 2.75) is 6.92 Å². The summed E-state index contributed by atoms with van der Waals surface area (Å²) in [5.74, 6) is 0.935. The first-order valence-electron chi connectivity index (χ1n) is 5.39. The third-order valence-corrected chi connectivity index (χ3v) is 2.74. The van der Waals surface area contributed by atoms with E-state index in [1.807, 2.05) is 37.3 Å². The van der Waals surface area contributed by atoms with Crippen molar-refractivity contribution in [3.05, 3.63) is 48.0 Å². The Hall–Kier alpha value is -2.29. The van der Waals surface area contributed by atoms with Gasteiger partial charge in [0.25, 0.3) is 0 Å². The fraction of sp³-hybridized carbons (Fsp3) is 0.0714. The number of fused-ring (bicyclic) bond motifs is 1. The van der Waals surface area contributed by atoms with Gasteiger partial charge in [-0.25, -0.2) is 0 Å². The molecule has 1 heterocycles. The smallest absolute Gasteiger partial charge is 0.174 e. The number of aryl methyl sites for hydroxylation is 1. The molecule has 0 aliphatic carbocycles. The van der Waals surface area contributed by atoms with E-state index >= 15 is 0 Å². The van der Waals surface area contributed by atoms with Gasteiger partial charge in [0.05, 0.1) is 0 Å². The predicted molar refractivity (Wildman–Crippen MR) is 65.8 cm³/mol. The van der Waals surface area contributed by atoms with E-state index in [1.54, 1.807) is 12.1 Å². The van der Waals surface area contributed by atoms with Crippen molar-refractivity contribution in [1.82, 2.24) is 5.16 Å². The highest BCUT2D eigenvalue weighted by atomic mass is 16.5. The third-order valence-electron chi connectivity index (χ3n) is 2.74. The van der Waals surface area contributed by atoms with E-state index in [0.29, 0.717) is 5.52 Å². The van der Waals surface area contributed by atoms with E-state index in [2.05, 4.69) is 5.16 Å². The maximum atomic E-state index is 9.37. The van der Waals surface area contributed by atoms with Crippen molar-refractivity contribution in [1.29, 1.82) is 0 Å². The average Bonchev–Trinajstić information content (AvgIpc) is 2.71. The van der Waals surface area contributed by atoms with E-state index in [9.17, 15) is 5.11 Å². The molecule has 0 fully saturated rings. The number of phenolic OH excluding ortho intramolecular Hbond substituents is 1. The lowest BCUT2D eigenvalue weighted by atomic mass is 10.1. The highest BCUT2D eigenvalue weighted by Gasteiger charge is 2.10. The normalized spacial score (nSPS) is 10.9. The van der Waals surface area contributed by atoms with Crippen LogP contribution in [0.3, 0.4) is 0 Å². The molecule has 3 aromatic rings. The van der Waals surface area contributed by atoms with E-state index < -0.39 is 0 Å². The molecule has 0 saturated heterocycles. The van der Waals surface area contributed by atoms with Crippen LogP contribution in [0.15, 0.2) is 47.0 Å². The number of benzene rings is 2. The molecule has 3 nitrogen and oxygen atoms in total. The Labute approximate surface area is 98.3 Å². The molecule has 84 valence electrons. The first-order valence-corrected chi connectivity index (χ1v) is 5.39. The van der Waals surface area contributed by atoms with Gasteiger partial charge < -0.3 is 9.63 Å². The van der Waals surface area contributed by atoms with Gasteiger partial charge in [-0.05, 0) is 25.1 Å². The Kier molecular flexibility index (Phi) is 2.11. The molecule has 0 bridgehead atoms. The largest absolute Gasteiger partial charge is 0.508 e. The molecular weight excluding hydrogens is 214 g/mol. The van der Waals surface area contributed by atoms with E-state index in [4.69, 9.17) is 4.52 Å². The highest BCUT2D eigenvalue weighted by molar-refractivity contribution is 5.92. The van der Waals surface area contributed by atoms with Gasteiger partial charge in [-0.3, -0.25) is 0 Å². The van der Waals surface area contributed by atoms with Crippen molar-refractivity contribution in [3.63, 3.8) is 0 Å². The number of aromatic hydroxyl groups is 1. The van der Waals surface area contributed by atoms with E-state index in [0.717, 1.165) is 16.7 Å². The number of aromatic nitrogens is 1. The Bertz CT molecular complexity index is 686. The second kappa shape index (κ2) is 3.63. The van der Waals surface area contributed by atoms with Crippen molar-refractivity contribution in [2.24, 2.45) is 0 Å². The van der Waals surface area contributed by atoms with E-state index in [-0.39, 0.29) is 5.75 Å². The molecule has 0 radical (unpaired) electrons. The summed E-state index contributed by atoms with van der Waals surface area (Å²) in [6.45, 7) is 2.04. The zero-order valence-electron chi connectivity index (χ0n) is 9.34. The summed E-state index contributed by atoms with van der Waals surface area (Å²) in [6, 6.07) is 13.1. The molecule has 2 aromatic carbocycles.